The molecule has 5 rings (SSSR count). The van der Waals surface area contributed by atoms with Crippen LogP contribution in [0.1, 0.15) is 54.4 Å². The minimum absolute atomic E-state index is 0.0886. The Morgan fingerprint density at radius 2 is 1.56 bits per heavy atom. The molecule has 2 amide bonds. The second-order valence-electron chi connectivity index (χ2n) is 8.86. The molecule has 0 radical (unpaired) electrons. The van der Waals surface area contributed by atoms with Crippen LogP contribution in [0.15, 0.2) is 23.1 Å². The first-order valence-electron chi connectivity index (χ1n) is 9.58. The van der Waals surface area contributed by atoms with Gasteiger partial charge in [0, 0.05) is 11.8 Å². The fourth-order valence-electron chi connectivity index (χ4n) is 5.78. The molecule has 0 aliphatic heterocycles. The zero-order chi connectivity index (χ0) is 19.4. The second kappa shape index (κ2) is 6.33. The van der Waals surface area contributed by atoms with Crippen molar-refractivity contribution in [3.05, 3.63) is 29.3 Å². The minimum atomic E-state index is -3.40. The van der Waals surface area contributed by atoms with E-state index >= 15 is 0 Å². The van der Waals surface area contributed by atoms with E-state index in [1.54, 1.807) is 13.0 Å². The predicted molar refractivity (Wildman–Crippen MR) is 101 cm³/mol. The third kappa shape index (κ3) is 3.37. The van der Waals surface area contributed by atoms with Gasteiger partial charge < -0.3 is 0 Å². The van der Waals surface area contributed by atoms with Crippen LogP contribution in [0.4, 0.5) is 0 Å². The molecule has 4 fully saturated rings. The van der Waals surface area contributed by atoms with Crippen molar-refractivity contribution in [3.8, 4) is 0 Å². The Bertz CT molecular complexity index is 871. The van der Waals surface area contributed by atoms with E-state index in [0.29, 0.717) is 23.3 Å². The highest BCUT2D eigenvalue weighted by molar-refractivity contribution is 7.90. The van der Waals surface area contributed by atoms with Gasteiger partial charge in [0.2, 0.25) is 5.91 Å². The first-order chi connectivity index (χ1) is 12.7. The van der Waals surface area contributed by atoms with Crippen LogP contribution < -0.4 is 10.9 Å². The lowest BCUT2D eigenvalue weighted by Crippen LogP contribution is -2.56. The minimum Gasteiger partial charge on any atom is -0.273 e. The molecular formula is C20H26N2O4S. The Labute approximate surface area is 160 Å². The SMILES string of the molecule is Cc1ccc(S(C)(=O)=O)cc1C(=O)NNC(=O)C12CC3CC(CC(C3)C1)C2. The van der Waals surface area contributed by atoms with Crippen LogP contribution >= 0.6 is 0 Å². The molecule has 0 saturated heterocycles. The van der Waals surface area contributed by atoms with Gasteiger partial charge >= 0.3 is 0 Å². The number of hydrogen-bond donors (Lipinski definition) is 2. The lowest BCUT2D eigenvalue weighted by atomic mass is 9.49. The largest absolute Gasteiger partial charge is 0.273 e. The molecule has 0 spiro atoms. The summed E-state index contributed by atoms with van der Waals surface area (Å²) in [5.74, 6) is 1.35. The molecule has 0 aromatic heterocycles. The first kappa shape index (κ1) is 18.5. The summed E-state index contributed by atoms with van der Waals surface area (Å²) in [5, 5.41) is 0. The summed E-state index contributed by atoms with van der Waals surface area (Å²) in [4.78, 5) is 25.6. The van der Waals surface area contributed by atoms with Gasteiger partial charge in [-0.25, -0.2) is 8.42 Å². The van der Waals surface area contributed by atoms with Crippen molar-refractivity contribution in [2.24, 2.45) is 23.2 Å². The van der Waals surface area contributed by atoms with Crippen LogP contribution in [-0.4, -0.2) is 26.5 Å². The van der Waals surface area contributed by atoms with E-state index in [-0.39, 0.29) is 21.8 Å². The number of hydrogen-bond acceptors (Lipinski definition) is 4. The van der Waals surface area contributed by atoms with Crippen LogP contribution in [0, 0.1) is 30.1 Å². The molecule has 4 aliphatic carbocycles. The topological polar surface area (TPSA) is 92.3 Å². The number of benzene rings is 1. The summed E-state index contributed by atoms with van der Waals surface area (Å²) in [6, 6.07) is 4.44. The van der Waals surface area contributed by atoms with Gasteiger partial charge in [-0.3, -0.25) is 20.4 Å². The van der Waals surface area contributed by atoms with Crippen molar-refractivity contribution in [1.82, 2.24) is 10.9 Å². The fraction of sp³-hybridized carbons (Fsp3) is 0.600. The fourth-order valence-corrected chi connectivity index (χ4v) is 6.43. The van der Waals surface area contributed by atoms with E-state index in [1.165, 1.54) is 31.4 Å². The molecule has 0 heterocycles. The molecule has 2 N–H and O–H groups in total. The number of aryl methyl sites for hydroxylation is 1. The van der Waals surface area contributed by atoms with E-state index in [9.17, 15) is 18.0 Å². The molecule has 1 aromatic rings. The number of sulfone groups is 1. The third-order valence-corrected chi connectivity index (χ3v) is 7.80. The second-order valence-corrected chi connectivity index (χ2v) is 10.9. The Hall–Kier alpha value is -1.89. The van der Waals surface area contributed by atoms with E-state index in [2.05, 4.69) is 10.9 Å². The lowest BCUT2D eigenvalue weighted by molar-refractivity contribution is -0.147. The first-order valence-corrected chi connectivity index (χ1v) is 11.5. The summed E-state index contributed by atoms with van der Waals surface area (Å²) >= 11 is 0. The van der Waals surface area contributed by atoms with Gasteiger partial charge in [-0.15, -0.1) is 0 Å². The number of amides is 2. The van der Waals surface area contributed by atoms with E-state index in [0.717, 1.165) is 25.5 Å². The molecule has 7 heteroatoms. The van der Waals surface area contributed by atoms with Crippen molar-refractivity contribution in [2.75, 3.05) is 6.26 Å². The maximum absolute atomic E-state index is 12.9. The molecule has 1 aromatic carbocycles. The van der Waals surface area contributed by atoms with Gasteiger partial charge in [0.1, 0.15) is 0 Å². The Kier molecular flexibility index (Phi) is 4.33. The molecule has 0 unspecified atom stereocenters. The predicted octanol–water partition coefficient (Wildman–Crippen LogP) is 2.38. The van der Waals surface area contributed by atoms with Crippen molar-refractivity contribution in [3.63, 3.8) is 0 Å². The normalized spacial score (nSPS) is 31.6. The summed E-state index contributed by atoms with van der Waals surface area (Å²) in [5.41, 5.74) is 5.71. The maximum Gasteiger partial charge on any atom is 0.269 e. The number of rotatable bonds is 3. The van der Waals surface area contributed by atoms with Gasteiger partial charge in [0.25, 0.3) is 5.91 Å². The molecular weight excluding hydrogens is 364 g/mol. The molecule has 4 bridgehead atoms. The molecule has 4 aliphatic rings. The van der Waals surface area contributed by atoms with E-state index in [1.807, 2.05) is 0 Å². The zero-order valence-corrected chi connectivity index (χ0v) is 16.6. The van der Waals surface area contributed by atoms with E-state index < -0.39 is 15.7 Å². The highest BCUT2D eigenvalue weighted by Gasteiger charge is 2.54. The highest BCUT2D eigenvalue weighted by atomic mass is 32.2. The highest BCUT2D eigenvalue weighted by Crippen LogP contribution is 2.60. The quantitative estimate of drug-likeness (QED) is 0.775. The summed E-state index contributed by atoms with van der Waals surface area (Å²) in [6.07, 6.45) is 7.60. The van der Waals surface area contributed by atoms with Crippen LogP contribution in [0.2, 0.25) is 0 Å². The van der Waals surface area contributed by atoms with Crippen LogP contribution in [0.3, 0.4) is 0 Å². The summed E-state index contributed by atoms with van der Waals surface area (Å²) in [7, 11) is -3.40. The van der Waals surface area contributed by atoms with Crippen molar-refractivity contribution < 1.29 is 18.0 Å². The zero-order valence-electron chi connectivity index (χ0n) is 15.7. The number of carbonyl (C=O) groups is 2. The molecule has 0 atom stereocenters. The van der Waals surface area contributed by atoms with Gasteiger partial charge in [-0.2, -0.15) is 0 Å². The van der Waals surface area contributed by atoms with Crippen molar-refractivity contribution in [1.29, 1.82) is 0 Å². The Morgan fingerprint density at radius 1 is 1.00 bits per heavy atom. The summed E-state index contributed by atoms with van der Waals surface area (Å²) in [6.45, 7) is 1.74. The van der Waals surface area contributed by atoms with Crippen LogP contribution in [0.25, 0.3) is 0 Å². The molecule has 4 saturated carbocycles. The standard InChI is InChI=1S/C20H26N2O4S/c1-12-3-4-16(27(2,25)26)8-17(12)18(23)21-22-19(24)20-9-13-5-14(10-20)7-15(6-13)11-20/h3-4,8,13-15H,5-7,9-11H2,1-2H3,(H,21,23)(H,22,24). The van der Waals surface area contributed by atoms with Gasteiger partial charge in [0.15, 0.2) is 9.84 Å². The monoisotopic (exact) mass is 390 g/mol. The summed E-state index contributed by atoms with van der Waals surface area (Å²) < 4.78 is 23.5. The van der Waals surface area contributed by atoms with E-state index in [4.69, 9.17) is 0 Å². The maximum atomic E-state index is 12.9. The average molecular weight is 391 g/mol. The van der Waals surface area contributed by atoms with Crippen LogP contribution in [0.5, 0.6) is 0 Å². The third-order valence-electron chi connectivity index (χ3n) is 6.69. The number of nitrogens with one attached hydrogen (secondary N) is 2. The van der Waals surface area contributed by atoms with Gasteiger partial charge in [-0.05, 0) is 80.9 Å². The Balaban J connectivity index is 1.46. The average Bonchev–Trinajstić information content (AvgIpc) is 2.57. The van der Waals surface area contributed by atoms with Crippen molar-refractivity contribution >= 4 is 21.7 Å². The number of carbonyl (C=O) groups excluding carboxylic acids is 2. The number of hydrazine groups is 1. The molecule has 146 valence electrons. The molecule has 27 heavy (non-hydrogen) atoms. The molecule has 6 nitrogen and oxygen atoms in total. The van der Waals surface area contributed by atoms with Gasteiger partial charge in [-0.1, -0.05) is 6.07 Å². The van der Waals surface area contributed by atoms with Crippen LogP contribution in [-0.2, 0) is 14.6 Å². The van der Waals surface area contributed by atoms with Gasteiger partial charge in [0.05, 0.1) is 10.3 Å². The smallest absolute Gasteiger partial charge is 0.269 e. The lowest BCUT2D eigenvalue weighted by Gasteiger charge is -2.55. The van der Waals surface area contributed by atoms with Crippen molar-refractivity contribution in [2.45, 2.75) is 50.3 Å². The Morgan fingerprint density at radius 3 is 2.07 bits per heavy atom.